The van der Waals surface area contributed by atoms with E-state index in [-0.39, 0.29) is 41.6 Å². The summed E-state index contributed by atoms with van der Waals surface area (Å²) in [7, 11) is 0. The summed E-state index contributed by atoms with van der Waals surface area (Å²) in [6.07, 6.45) is -6.42. The van der Waals surface area contributed by atoms with Gasteiger partial charge in [0.25, 0.3) is 0 Å². The Bertz CT molecular complexity index is 2400. The average molecular weight is 911 g/mol. The predicted octanol–water partition coefficient (Wildman–Crippen LogP) is 7.42. The van der Waals surface area contributed by atoms with Crippen LogP contribution in [0.5, 0.6) is 0 Å². The minimum Gasteiger partial charge on any atom is -1.00 e. The molecular formula is C49H46Cl2F6Zr. The number of alkyl halides is 6. The van der Waals surface area contributed by atoms with E-state index in [1.165, 1.54) is 23.3 Å². The first kappa shape index (κ1) is 45.6. The molecule has 2 aliphatic rings. The molecule has 5 aromatic carbocycles. The quantitative estimate of drug-likeness (QED) is 0.158. The third kappa shape index (κ3) is 8.84. The Morgan fingerprint density at radius 3 is 1.64 bits per heavy atom. The fraction of sp³-hybridized carbons (Fsp3) is 0.286. The molecule has 7 rings (SSSR count). The van der Waals surface area contributed by atoms with Crippen molar-refractivity contribution in [3.05, 3.63) is 174 Å². The fourth-order valence-corrected chi connectivity index (χ4v) is 17.1. The van der Waals surface area contributed by atoms with Crippen LogP contribution in [-0.2, 0) is 50.9 Å². The molecule has 0 N–H and O–H groups in total. The van der Waals surface area contributed by atoms with E-state index < -0.39 is 44.7 Å². The van der Waals surface area contributed by atoms with E-state index in [1.54, 1.807) is 12.1 Å². The molecule has 0 aliphatic heterocycles. The van der Waals surface area contributed by atoms with Crippen LogP contribution < -0.4 is 28.1 Å². The third-order valence-electron chi connectivity index (χ3n) is 11.3. The number of halogens is 8. The topological polar surface area (TPSA) is 0 Å². The average Bonchev–Trinajstić information content (AvgIpc) is 3.65. The molecule has 5 aromatic rings. The molecule has 0 bridgehead atoms. The van der Waals surface area contributed by atoms with E-state index in [4.69, 9.17) is 0 Å². The molecule has 0 saturated heterocycles. The predicted molar refractivity (Wildman–Crippen MR) is 214 cm³/mol. The van der Waals surface area contributed by atoms with Crippen molar-refractivity contribution in [2.24, 2.45) is 5.92 Å². The molecule has 9 heteroatoms. The smallest absolute Gasteiger partial charge is 1.00 e. The van der Waals surface area contributed by atoms with Crippen LogP contribution in [0.25, 0.3) is 16.7 Å². The van der Waals surface area contributed by atoms with Gasteiger partial charge in [-0.25, -0.2) is 0 Å². The van der Waals surface area contributed by atoms with Gasteiger partial charge in [0.2, 0.25) is 0 Å². The van der Waals surface area contributed by atoms with Crippen molar-refractivity contribution in [3.8, 4) is 11.1 Å². The summed E-state index contributed by atoms with van der Waals surface area (Å²) >= 11 is -3.89. The van der Waals surface area contributed by atoms with E-state index in [1.807, 2.05) is 18.2 Å². The number of rotatable bonds is 5. The van der Waals surface area contributed by atoms with Crippen molar-refractivity contribution in [2.45, 2.75) is 85.0 Å². The third-order valence-corrected chi connectivity index (χ3v) is 19.7. The molecule has 0 radical (unpaired) electrons. The van der Waals surface area contributed by atoms with Gasteiger partial charge in [0.05, 0.1) is 0 Å². The van der Waals surface area contributed by atoms with Gasteiger partial charge >= 0.3 is 336 Å². The summed E-state index contributed by atoms with van der Waals surface area (Å²) in [6, 6.07) is 31.7. The van der Waals surface area contributed by atoms with Gasteiger partial charge in [-0.3, -0.25) is 0 Å². The molecule has 0 aromatic heterocycles. The monoisotopic (exact) mass is 908 g/mol. The Kier molecular flexibility index (Phi) is 13.0. The van der Waals surface area contributed by atoms with Gasteiger partial charge in [-0.1, -0.05) is 0 Å². The number of allylic oxidation sites excluding steroid dienone is 4. The molecule has 0 spiro atoms. The Labute approximate surface area is 358 Å². The summed E-state index contributed by atoms with van der Waals surface area (Å²) in [4.78, 5) is 0. The summed E-state index contributed by atoms with van der Waals surface area (Å²) in [6.45, 7) is 17.3. The van der Waals surface area contributed by atoms with Gasteiger partial charge < -0.3 is 24.8 Å². The summed E-state index contributed by atoms with van der Waals surface area (Å²) in [5.41, 5.74) is 8.57. The van der Waals surface area contributed by atoms with Gasteiger partial charge in [-0.2, -0.15) is 0 Å². The van der Waals surface area contributed by atoms with Crippen LogP contribution in [0.15, 0.2) is 124 Å². The maximum absolute atomic E-state index is 14.5. The second kappa shape index (κ2) is 16.5. The zero-order chi connectivity index (χ0) is 40.5. The van der Waals surface area contributed by atoms with Crippen molar-refractivity contribution in [3.63, 3.8) is 0 Å². The number of hydrogen-bond acceptors (Lipinski definition) is 0. The van der Waals surface area contributed by atoms with Crippen molar-refractivity contribution in [1.82, 2.24) is 0 Å². The Hall–Kier alpha value is -3.51. The van der Waals surface area contributed by atoms with E-state index >= 15 is 0 Å². The van der Waals surface area contributed by atoms with Crippen molar-refractivity contribution in [1.29, 1.82) is 0 Å². The van der Waals surface area contributed by atoms with Gasteiger partial charge in [-0.15, -0.1) is 0 Å². The van der Waals surface area contributed by atoms with Crippen LogP contribution >= 0.6 is 0 Å². The SMILES string of the molecule is CC1=[C]([Zr+2](=[C](c2cccc(C(F)(F)F)c2)c2cccc(C(F)(F)F)c2)[c]2cc(C(C)(C)C)cc3c2Cc2ccc(C(C)(C)C)cc2-3)C(C)C=C1c1ccccc1.[Cl-].[Cl-]. The van der Waals surface area contributed by atoms with Crippen molar-refractivity contribution < 1.29 is 72.4 Å². The van der Waals surface area contributed by atoms with E-state index in [0.29, 0.717) is 20.8 Å². The maximum atomic E-state index is 14.5. The van der Waals surface area contributed by atoms with Gasteiger partial charge in [0.15, 0.2) is 0 Å². The largest absolute Gasteiger partial charge is 1.00 e. The molecule has 0 amide bonds. The second-order valence-electron chi connectivity index (χ2n) is 17.3. The first-order chi connectivity index (χ1) is 26.1. The molecule has 0 saturated carbocycles. The minimum absolute atomic E-state index is 0. The molecule has 302 valence electrons. The molecule has 0 heterocycles. The first-order valence-electron chi connectivity index (χ1n) is 19.0. The molecular weight excluding hydrogens is 865 g/mol. The van der Waals surface area contributed by atoms with Crippen LogP contribution in [0.1, 0.15) is 105 Å². The fourth-order valence-electron chi connectivity index (χ4n) is 8.26. The minimum atomic E-state index is -4.64. The van der Waals surface area contributed by atoms with Crippen molar-refractivity contribution >= 4 is 12.1 Å². The van der Waals surface area contributed by atoms with E-state index in [0.717, 1.165) is 69.8 Å². The molecule has 0 nitrogen and oxygen atoms in total. The first-order valence-corrected chi connectivity index (χ1v) is 22.7. The number of hydrogen-bond donors (Lipinski definition) is 0. The standard InChI is InChI=1S/C21H25.C15H8F6.C13H13.2ClH.Zr/c1-20(2,3)16-9-7-14-11-15-8-10-17(21(4,5)6)13-19(15)18(14)12-16;16-14(17,18)12-5-1-3-10(8-12)7-11-4-2-6-13(9-11)15(19,20)21;1-10-8-11(2)13(9-10)12-6-4-3-5-7-12;;;/h7,9-10,12-13H,11H2,1-6H3;1-6,8-9H;3-7,9-10H,1-2H3;2*1H;/q;;;;;+2/p-2. The summed E-state index contributed by atoms with van der Waals surface area (Å²) in [5, 5.41) is 0. The molecule has 1 unspecified atom stereocenters. The molecule has 0 fully saturated rings. The second-order valence-corrected chi connectivity index (χ2v) is 23.0. The Balaban J connectivity index is 0.00000320. The van der Waals surface area contributed by atoms with E-state index in [2.05, 4.69) is 104 Å². The molecule has 2 aliphatic carbocycles. The van der Waals surface area contributed by atoms with Crippen LogP contribution in [0.3, 0.4) is 0 Å². The number of benzene rings is 5. The van der Waals surface area contributed by atoms with Crippen LogP contribution in [0.2, 0.25) is 0 Å². The van der Waals surface area contributed by atoms with Crippen LogP contribution in [0.4, 0.5) is 26.3 Å². The zero-order valence-electron chi connectivity index (χ0n) is 33.8. The van der Waals surface area contributed by atoms with Crippen LogP contribution in [0, 0.1) is 5.92 Å². The molecule has 58 heavy (non-hydrogen) atoms. The Morgan fingerprint density at radius 1 is 0.586 bits per heavy atom. The summed E-state index contributed by atoms with van der Waals surface area (Å²) in [5.74, 6) is -0.101. The van der Waals surface area contributed by atoms with Gasteiger partial charge in [-0.05, 0) is 0 Å². The summed E-state index contributed by atoms with van der Waals surface area (Å²) < 4.78 is 89.9. The zero-order valence-corrected chi connectivity index (χ0v) is 37.7. The molecule has 1 atom stereocenters. The van der Waals surface area contributed by atoms with Crippen LogP contribution in [-0.4, -0.2) is 3.21 Å². The van der Waals surface area contributed by atoms with Gasteiger partial charge in [0.1, 0.15) is 0 Å². The van der Waals surface area contributed by atoms with Gasteiger partial charge in [0, 0.05) is 0 Å². The Morgan fingerprint density at radius 2 is 1.12 bits per heavy atom. The maximum Gasteiger partial charge on any atom is -1.00 e. The normalized spacial score (nSPS) is 15.1. The number of fused-ring (bicyclic) bond motifs is 3. The van der Waals surface area contributed by atoms with E-state index in [9.17, 15) is 26.3 Å². The van der Waals surface area contributed by atoms with Crippen molar-refractivity contribution in [2.75, 3.05) is 0 Å².